The van der Waals surface area contributed by atoms with Gasteiger partial charge in [0, 0.05) is 11.8 Å². The normalized spacial score (nSPS) is 20.8. The number of aromatic nitrogens is 2. The molecular weight excluding hydrogens is 514 g/mol. The Balaban J connectivity index is 1.80. The number of methoxy groups -OCH3 is 2. The van der Waals surface area contributed by atoms with Crippen molar-refractivity contribution in [1.29, 1.82) is 0 Å². The van der Waals surface area contributed by atoms with Crippen LogP contribution < -0.4 is 20.9 Å². The molecule has 1 fully saturated rings. The molecule has 2 heterocycles. The number of nitrogens with two attached hydrogens (primary N) is 1. The summed E-state index contributed by atoms with van der Waals surface area (Å²) in [6, 6.07) is 25.8. The van der Waals surface area contributed by atoms with Gasteiger partial charge in [-0.05, 0) is 23.3 Å². The molecule has 1 aliphatic rings. The maximum absolute atomic E-state index is 12.9. The summed E-state index contributed by atoms with van der Waals surface area (Å²) in [5.74, 6) is 0.944. The Hall–Kier alpha value is -4.22. The molecule has 0 saturated carbocycles. The lowest BCUT2D eigenvalue weighted by Crippen LogP contribution is -2.45. The molecule has 10 nitrogen and oxygen atoms in total. The van der Waals surface area contributed by atoms with Crippen molar-refractivity contribution in [3.8, 4) is 11.5 Å². The highest BCUT2D eigenvalue weighted by atomic mass is 16.6. The first-order valence-electron chi connectivity index (χ1n) is 12.7. The number of benzene rings is 3. The number of para-hydroxylation sites is 1. The fourth-order valence-corrected chi connectivity index (χ4v) is 5.23. The zero-order valence-electron chi connectivity index (χ0n) is 22.1. The van der Waals surface area contributed by atoms with E-state index in [-0.39, 0.29) is 5.82 Å². The van der Waals surface area contributed by atoms with Crippen molar-refractivity contribution in [3.05, 3.63) is 118 Å². The number of hydrogen-bond acceptors (Lipinski definition) is 9. The van der Waals surface area contributed by atoms with Crippen LogP contribution >= 0.6 is 0 Å². The highest BCUT2D eigenvalue weighted by Crippen LogP contribution is 2.50. The van der Waals surface area contributed by atoms with Gasteiger partial charge in [-0.3, -0.25) is 4.57 Å². The van der Waals surface area contributed by atoms with Crippen molar-refractivity contribution in [2.45, 2.75) is 30.1 Å². The first-order valence-corrected chi connectivity index (χ1v) is 12.7. The number of aliphatic hydroxyl groups excluding tert-OH is 2. The van der Waals surface area contributed by atoms with Gasteiger partial charge >= 0.3 is 5.69 Å². The minimum Gasteiger partial charge on any atom is -0.493 e. The summed E-state index contributed by atoms with van der Waals surface area (Å²) in [5.41, 5.74) is 5.66. The van der Waals surface area contributed by atoms with Gasteiger partial charge in [0.25, 0.3) is 0 Å². The molecule has 208 valence electrons. The van der Waals surface area contributed by atoms with Crippen molar-refractivity contribution < 1.29 is 29.2 Å². The van der Waals surface area contributed by atoms with Crippen LogP contribution in [0.15, 0.2) is 95.9 Å². The molecule has 0 bridgehead atoms. The Morgan fingerprint density at radius 2 is 1.60 bits per heavy atom. The van der Waals surface area contributed by atoms with Crippen LogP contribution in [0.4, 0.5) is 5.82 Å². The Morgan fingerprint density at radius 1 is 0.950 bits per heavy atom. The molecule has 4 atom stereocenters. The van der Waals surface area contributed by atoms with Crippen LogP contribution in [0.5, 0.6) is 11.5 Å². The van der Waals surface area contributed by atoms with Crippen molar-refractivity contribution >= 4 is 5.82 Å². The molecule has 3 aromatic carbocycles. The van der Waals surface area contributed by atoms with Gasteiger partial charge in [-0.1, -0.05) is 72.8 Å². The zero-order chi connectivity index (χ0) is 28.3. The Morgan fingerprint density at radius 3 is 2.15 bits per heavy atom. The topological polar surface area (TPSA) is 138 Å². The summed E-state index contributed by atoms with van der Waals surface area (Å²) in [6.07, 6.45) is -3.22. The van der Waals surface area contributed by atoms with E-state index in [9.17, 15) is 15.0 Å². The Labute approximate surface area is 231 Å². The molecule has 0 amide bonds. The summed E-state index contributed by atoms with van der Waals surface area (Å²) in [4.78, 5) is 16.7. The molecule has 4 N–H and O–H groups in total. The number of rotatable bonds is 9. The van der Waals surface area contributed by atoms with Gasteiger partial charge in [-0.25, -0.2) is 4.79 Å². The van der Waals surface area contributed by atoms with E-state index < -0.39 is 42.4 Å². The van der Waals surface area contributed by atoms with Gasteiger partial charge in [0.05, 0.1) is 20.8 Å². The monoisotopic (exact) mass is 545 g/mol. The van der Waals surface area contributed by atoms with E-state index >= 15 is 0 Å². The van der Waals surface area contributed by atoms with E-state index in [1.807, 2.05) is 72.8 Å². The van der Waals surface area contributed by atoms with Crippen LogP contribution in [0.1, 0.15) is 22.9 Å². The third-order valence-electron chi connectivity index (χ3n) is 7.07. The third-order valence-corrected chi connectivity index (χ3v) is 7.07. The largest absolute Gasteiger partial charge is 0.493 e. The van der Waals surface area contributed by atoms with Crippen LogP contribution in [0.3, 0.4) is 0 Å². The molecule has 0 radical (unpaired) electrons. The quantitative estimate of drug-likeness (QED) is 0.271. The minimum atomic E-state index is -1.40. The second-order valence-corrected chi connectivity index (χ2v) is 9.32. The van der Waals surface area contributed by atoms with Crippen molar-refractivity contribution in [2.75, 3.05) is 26.6 Å². The first-order chi connectivity index (χ1) is 19.4. The summed E-state index contributed by atoms with van der Waals surface area (Å²) in [5, 5.41) is 21.5. The van der Waals surface area contributed by atoms with Gasteiger partial charge in [-0.2, -0.15) is 4.98 Å². The lowest BCUT2D eigenvalue weighted by molar-refractivity contribution is -0.124. The van der Waals surface area contributed by atoms with E-state index in [0.29, 0.717) is 28.2 Å². The highest BCUT2D eigenvalue weighted by molar-refractivity contribution is 5.57. The van der Waals surface area contributed by atoms with Crippen LogP contribution in [-0.2, 0) is 15.1 Å². The van der Waals surface area contributed by atoms with E-state index in [4.69, 9.17) is 24.7 Å². The average Bonchev–Trinajstić information content (AvgIpc) is 3.30. The smallest absolute Gasteiger partial charge is 0.351 e. The van der Waals surface area contributed by atoms with E-state index in [1.54, 1.807) is 20.3 Å². The minimum absolute atomic E-state index is 0.0417. The molecule has 1 aliphatic heterocycles. The number of hydrogen-bond donors (Lipinski definition) is 3. The number of aliphatic hydroxyl groups is 2. The van der Waals surface area contributed by atoms with Gasteiger partial charge in [0.2, 0.25) is 0 Å². The second-order valence-electron chi connectivity index (χ2n) is 9.32. The maximum Gasteiger partial charge on any atom is 0.351 e. The van der Waals surface area contributed by atoms with Crippen LogP contribution in [0.2, 0.25) is 0 Å². The highest BCUT2D eigenvalue weighted by Gasteiger charge is 2.52. The Bertz CT molecular complexity index is 1460. The molecule has 40 heavy (non-hydrogen) atoms. The number of ether oxygens (including phenoxy) is 4. The fourth-order valence-electron chi connectivity index (χ4n) is 5.23. The number of nitrogen functional groups attached to an aromatic ring is 1. The SMILES string of the molecule is COc1cccc(C(O[C@@H]2[C@H](O)[C@@H](CO)O[C@H]2n2ccc(N)nc2=O)(c2ccccc2)c2ccccc2)c1OC. The standard InChI is InChI=1S/C30H31N3O7/c1-37-22-15-9-14-21(26(22)38-2)30(19-10-5-3-6-11-19,20-12-7-4-8-13-20)40-27-25(35)23(18-34)39-28(27)33-17-16-24(31)32-29(33)36/h3-17,23,25,27-28,34-35H,18H2,1-2H3,(H2,31,32,36)/t23-,25-,27-,28-/m1/s1. The zero-order valence-corrected chi connectivity index (χ0v) is 22.1. The molecule has 0 spiro atoms. The average molecular weight is 546 g/mol. The fraction of sp³-hybridized carbons (Fsp3) is 0.267. The van der Waals surface area contributed by atoms with Gasteiger partial charge in [0.1, 0.15) is 29.7 Å². The van der Waals surface area contributed by atoms with E-state index in [2.05, 4.69) is 4.98 Å². The molecule has 5 rings (SSSR count). The van der Waals surface area contributed by atoms with E-state index in [1.165, 1.54) is 16.8 Å². The predicted octanol–water partition coefficient (Wildman–Crippen LogP) is 2.47. The van der Waals surface area contributed by atoms with Crippen LogP contribution in [0, 0.1) is 0 Å². The maximum atomic E-state index is 12.9. The van der Waals surface area contributed by atoms with Gasteiger partial charge in [-0.15, -0.1) is 0 Å². The number of nitrogens with zero attached hydrogens (tertiary/aromatic N) is 2. The summed E-state index contributed by atoms with van der Waals surface area (Å²) < 4.78 is 25.8. The van der Waals surface area contributed by atoms with Gasteiger partial charge in [0.15, 0.2) is 17.7 Å². The molecule has 1 aromatic heterocycles. The molecule has 1 saturated heterocycles. The summed E-state index contributed by atoms with van der Waals surface area (Å²) >= 11 is 0. The van der Waals surface area contributed by atoms with Crippen LogP contribution in [-0.4, -0.2) is 58.9 Å². The molecule has 4 aromatic rings. The molecule has 0 unspecified atom stereocenters. The predicted molar refractivity (Wildman–Crippen MR) is 147 cm³/mol. The van der Waals surface area contributed by atoms with E-state index in [0.717, 1.165) is 0 Å². The summed E-state index contributed by atoms with van der Waals surface area (Å²) in [6.45, 7) is -0.499. The molecule has 0 aliphatic carbocycles. The van der Waals surface area contributed by atoms with Crippen molar-refractivity contribution in [2.24, 2.45) is 0 Å². The summed E-state index contributed by atoms with van der Waals surface area (Å²) in [7, 11) is 3.09. The second kappa shape index (κ2) is 11.5. The molecular formula is C30H31N3O7. The number of anilines is 1. The lowest BCUT2D eigenvalue weighted by atomic mass is 9.79. The van der Waals surface area contributed by atoms with Gasteiger partial charge < -0.3 is 34.9 Å². The Kier molecular flexibility index (Phi) is 7.85. The molecule has 10 heteroatoms. The lowest BCUT2D eigenvalue weighted by Gasteiger charge is -2.40. The van der Waals surface area contributed by atoms with Crippen molar-refractivity contribution in [3.63, 3.8) is 0 Å². The first kappa shape index (κ1) is 27.4. The van der Waals surface area contributed by atoms with Crippen molar-refractivity contribution in [1.82, 2.24) is 9.55 Å². The van der Waals surface area contributed by atoms with Crippen LogP contribution in [0.25, 0.3) is 0 Å². The third kappa shape index (κ3) is 4.71.